The smallest absolute Gasteiger partial charge is 0.225 e. The van der Waals surface area contributed by atoms with Crippen LogP contribution in [0.4, 0.5) is 0 Å². The lowest BCUT2D eigenvalue weighted by Gasteiger charge is -2.31. The Hall–Kier alpha value is -1.35. The Morgan fingerprint density at radius 2 is 1.94 bits per heavy atom. The lowest BCUT2D eigenvalue weighted by Crippen LogP contribution is -2.42. The van der Waals surface area contributed by atoms with Crippen molar-refractivity contribution < 1.29 is 9.53 Å². The average Bonchev–Trinajstić information content (AvgIpc) is 2.69. The largest absolute Gasteiger partial charge is 0.371 e. The fourth-order valence-electron chi connectivity index (χ4n) is 2.22. The van der Waals surface area contributed by atoms with Gasteiger partial charge in [-0.1, -0.05) is 30.3 Å². The van der Waals surface area contributed by atoms with Crippen molar-refractivity contribution in [1.29, 1.82) is 0 Å². The summed E-state index contributed by atoms with van der Waals surface area (Å²) in [7, 11) is 0. The van der Waals surface area contributed by atoms with Crippen molar-refractivity contribution in [2.45, 2.75) is 45.4 Å². The molecule has 18 heavy (non-hydrogen) atoms. The molecule has 0 N–H and O–H groups in total. The molecule has 1 aromatic carbocycles. The molecule has 1 saturated heterocycles. The molecule has 1 aliphatic heterocycles. The van der Waals surface area contributed by atoms with Crippen LogP contribution in [0.3, 0.4) is 0 Å². The molecular weight excluding hydrogens is 226 g/mol. The second kappa shape index (κ2) is 5.11. The number of rotatable bonds is 3. The second-order valence-electron chi connectivity index (χ2n) is 5.80. The zero-order valence-corrected chi connectivity index (χ0v) is 11.3. The molecule has 0 saturated carbocycles. The van der Waals surface area contributed by atoms with Crippen LogP contribution in [0.5, 0.6) is 0 Å². The second-order valence-corrected chi connectivity index (χ2v) is 5.80. The van der Waals surface area contributed by atoms with Crippen LogP contribution in [-0.4, -0.2) is 29.0 Å². The van der Waals surface area contributed by atoms with Gasteiger partial charge in [-0.05, 0) is 26.3 Å². The van der Waals surface area contributed by atoms with Gasteiger partial charge >= 0.3 is 0 Å². The highest BCUT2D eigenvalue weighted by molar-refractivity contribution is 5.79. The lowest BCUT2D eigenvalue weighted by atomic mass is 10.1. The Bertz CT molecular complexity index is 408. The molecule has 0 spiro atoms. The maximum Gasteiger partial charge on any atom is 0.225 e. The normalized spacial score (nSPS) is 20.5. The standard InChI is InChI=1S/C15H21NO2/c1-15(2,3)16-10-13(9-14(16)17)18-11-12-7-5-4-6-8-12/h4-8,13H,9-11H2,1-3H3. The van der Waals surface area contributed by atoms with E-state index in [0.29, 0.717) is 19.6 Å². The van der Waals surface area contributed by atoms with Crippen LogP contribution in [0.1, 0.15) is 32.8 Å². The number of benzene rings is 1. The van der Waals surface area contributed by atoms with Crippen molar-refractivity contribution in [3.8, 4) is 0 Å². The number of carbonyl (C=O) groups excluding carboxylic acids is 1. The zero-order chi connectivity index (χ0) is 13.2. The van der Waals surface area contributed by atoms with Crippen LogP contribution >= 0.6 is 0 Å². The van der Waals surface area contributed by atoms with Crippen molar-refractivity contribution in [2.75, 3.05) is 6.54 Å². The van der Waals surface area contributed by atoms with Gasteiger partial charge < -0.3 is 9.64 Å². The Morgan fingerprint density at radius 1 is 1.28 bits per heavy atom. The first-order valence-corrected chi connectivity index (χ1v) is 6.43. The molecule has 1 unspecified atom stereocenters. The summed E-state index contributed by atoms with van der Waals surface area (Å²) in [6.45, 7) is 7.46. The molecule has 0 aromatic heterocycles. The van der Waals surface area contributed by atoms with Gasteiger partial charge in [-0.2, -0.15) is 0 Å². The summed E-state index contributed by atoms with van der Waals surface area (Å²) in [5.41, 5.74) is 1.04. The maximum atomic E-state index is 11.9. The summed E-state index contributed by atoms with van der Waals surface area (Å²) >= 11 is 0. The molecule has 1 atom stereocenters. The van der Waals surface area contributed by atoms with Crippen molar-refractivity contribution in [3.63, 3.8) is 0 Å². The molecule has 98 valence electrons. The molecule has 3 nitrogen and oxygen atoms in total. The first-order chi connectivity index (χ1) is 8.47. The van der Waals surface area contributed by atoms with Gasteiger partial charge in [0.25, 0.3) is 0 Å². The molecule has 2 rings (SSSR count). The number of amides is 1. The van der Waals surface area contributed by atoms with E-state index < -0.39 is 0 Å². The summed E-state index contributed by atoms with van der Waals surface area (Å²) in [4.78, 5) is 13.8. The summed E-state index contributed by atoms with van der Waals surface area (Å²) < 4.78 is 5.82. The van der Waals surface area contributed by atoms with E-state index in [1.54, 1.807) is 0 Å². The maximum absolute atomic E-state index is 11.9. The molecule has 0 radical (unpaired) electrons. The van der Waals surface area contributed by atoms with Crippen molar-refractivity contribution in [1.82, 2.24) is 4.90 Å². The van der Waals surface area contributed by atoms with E-state index in [4.69, 9.17) is 4.74 Å². The van der Waals surface area contributed by atoms with E-state index in [1.165, 1.54) is 0 Å². The summed E-state index contributed by atoms with van der Waals surface area (Å²) in [6, 6.07) is 10.1. The Labute approximate surface area is 109 Å². The quantitative estimate of drug-likeness (QED) is 0.821. The summed E-state index contributed by atoms with van der Waals surface area (Å²) in [5.74, 6) is 0.195. The number of hydrogen-bond donors (Lipinski definition) is 0. The Morgan fingerprint density at radius 3 is 2.50 bits per heavy atom. The summed E-state index contributed by atoms with van der Waals surface area (Å²) in [5, 5.41) is 0. The predicted octanol–water partition coefficient (Wildman–Crippen LogP) is 2.60. The van der Waals surface area contributed by atoms with Crippen LogP contribution < -0.4 is 0 Å². The van der Waals surface area contributed by atoms with Crippen LogP contribution in [0.15, 0.2) is 30.3 Å². The molecule has 1 fully saturated rings. The first-order valence-electron chi connectivity index (χ1n) is 6.43. The highest BCUT2D eigenvalue weighted by atomic mass is 16.5. The van der Waals surface area contributed by atoms with Gasteiger partial charge in [0, 0.05) is 12.1 Å². The van der Waals surface area contributed by atoms with Gasteiger partial charge in [-0.3, -0.25) is 4.79 Å². The van der Waals surface area contributed by atoms with Gasteiger partial charge in [-0.25, -0.2) is 0 Å². The minimum Gasteiger partial charge on any atom is -0.371 e. The van der Waals surface area contributed by atoms with E-state index in [2.05, 4.69) is 20.8 Å². The topological polar surface area (TPSA) is 29.5 Å². The molecule has 3 heteroatoms. The van der Waals surface area contributed by atoms with Crippen molar-refractivity contribution >= 4 is 5.91 Å². The highest BCUT2D eigenvalue weighted by Crippen LogP contribution is 2.24. The minimum atomic E-state index is -0.109. The predicted molar refractivity (Wildman–Crippen MR) is 71.1 cm³/mol. The van der Waals surface area contributed by atoms with Crippen LogP contribution in [0, 0.1) is 0 Å². The van der Waals surface area contributed by atoms with E-state index in [-0.39, 0.29) is 17.6 Å². The Balaban J connectivity index is 1.88. The van der Waals surface area contributed by atoms with Crippen LogP contribution in [0.2, 0.25) is 0 Å². The number of hydrogen-bond acceptors (Lipinski definition) is 2. The van der Waals surface area contributed by atoms with E-state index >= 15 is 0 Å². The number of carbonyl (C=O) groups is 1. The SMILES string of the molecule is CC(C)(C)N1CC(OCc2ccccc2)CC1=O. The van der Waals surface area contributed by atoms with Gasteiger partial charge in [0.15, 0.2) is 0 Å². The highest BCUT2D eigenvalue weighted by Gasteiger charge is 2.36. The average molecular weight is 247 g/mol. The van der Waals surface area contributed by atoms with Crippen LogP contribution in [-0.2, 0) is 16.1 Å². The lowest BCUT2D eigenvalue weighted by molar-refractivity contribution is -0.131. The molecule has 0 bridgehead atoms. The minimum absolute atomic E-state index is 0.0249. The van der Waals surface area contributed by atoms with E-state index in [1.807, 2.05) is 35.2 Å². The van der Waals surface area contributed by atoms with Crippen molar-refractivity contribution in [2.24, 2.45) is 0 Å². The Kier molecular flexibility index (Phi) is 3.71. The van der Waals surface area contributed by atoms with Gasteiger partial charge in [-0.15, -0.1) is 0 Å². The van der Waals surface area contributed by atoms with Gasteiger partial charge in [0.05, 0.1) is 19.1 Å². The molecule has 1 heterocycles. The first kappa shape index (κ1) is 13.1. The summed E-state index contributed by atoms with van der Waals surface area (Å²) in [6.07, 6.45) is 0.529. The van der Waals surface area contributed by atoms with Gasteiger partial charge in [0.1, 0.15) is 0 Å². The van der Waals surface area contributed by atoms with E-state index in [0.717, 1.165) is 5.56 Å². The number of likely N-dealkylation sites (tertiary alicyclic amines) is 1. The molecule has 1 aliphatic rings. The van der Waals surface area contributed by atoms with Crippen LogP contribution in [0.25, 0.3) is 0 Å². The zero-order valence-electron chi connectivity index (χ0n) is 11.3. The molecular formula is C15H21NO2. The third-order valence-corrected chi connectivity index (χ3v) is 3.23. The number of ether oxygens (including phenoxy) is 1. The fourth-order valence-corrected chi connectivity index (χ4v) is 2.22. The monoisotopic (exact) mass is 247 g/mol. The third kappa shape index (κ3) is 3.10. The molecule has 1 amide bonds. The van der Waals surface area contributed by atoms with E-state index in [9.17, 15) is 4.79 Å². The third-order valence-electron chi connectivity index (χ3n) is 3.23. The van der Waals surface area contributed by atoms with Gasteiger partial charge in [0.2, 0.25) is 5.91 Å². The molecule has 0 aliphatic carbocycles. The van der Waals surface area contributed by atoms with Crippen molar-refractivity contribution in [3.05, 3.63) is 35.9 Å². The fraction of sp³-hybridized carbons (Fsp3) is 0.533. The molecule has 1 aromatic rings. The number of nitrogens with zero attached hydrogens (tertiary/aromatic N) is 1.